The summed E-state index contributed by atoms with van der Waals surface area (Å²) in [6.07, 6.45) is 4.68. The number of urea groups is 1. The predicted octanol–water partition coefficient (Wildman–Crippen LogP) is 3.34. The zero-order valence-corrected chi connectivity index (χ0v) is 14.4. The Morgan fingerprint density at radius 3 is 2.88 bits per heavy atom. The van der Waals surface area contributed by atoms with Gasteiger partial charge in [0.1, 0.15) is 18.1 Å². The third-order valence-electron chi connectivity index (χ3n) is 3.36. The van der Waals surface area contributed by atoms with Crippen LogP contribution in [0.15, 0.2) is 53.4 Å². The number of ether oxygens (including phenoxy) is 1. The first kappa shape index (κ1) is 17.8. The van der Waals surface area contributed by atoms with Crippen LogP contribution in [0, 0.1) is 0 Å². The molecule has 9 heteroatoms. The number of hydrogen-bond donors (Lipinski definition) is 3. The molecular weight excluding hydrogens is 360 g/mol. The van der Waals surface area contributed by atoms with Crippen molar-refractivity contribution in [3.8, 4) is 5.75 Å². The minimum atomic E-state index is -0.436. The Kier molecular flexibility index (Phi) is 5.77. The molecule has 0 atom stereocenters. The molecule has 0 spiro atoms. The monoisotopic (exact) mass is 376 g/mol. The van der Waals surface area contributed by atoms with E-state index in [2.05, 4.69) is 15.7 Å². The molecule has 0 aliphatic heterocycles. The Balaban J connectivity index is 1.55. The molecule has 1 aromatic carbocycles. The number of aromatic nitrogens is 2. The fraction of sp³-hybridized carbons (Fsp3) is 0.176. The number of carbonyl (C=O) groups is 1. The van der Waals surface area contributed by atoms with Crippen LogP contribution in [0.25, 0.3) is 0 Å². The zero-order chi connectivity index (χ0) is 18.4. The van der Waals surface area contributed by atoms with Gasteiger partial charge in [-0.05, 0) is 30.3 Å². The molecular formula is C17H17ClN4O4. The van der Waals surface area contributed by atoms with Crippen LogP contribution in [0.5, 0.6) is 5.75 Å². The number of nitrogens with zero attached hydrogens (tertiary/aromatic N) is 2. The van der Waals surface area contributed by atoms with Gasteiger partial charge in [-0.3, -0.25) is 4.68 Å². The minimum absolute atomic E-state index is 0.0276. The second-order valence-corrected chi connectivity index (χ2v) is 5.72. The maximum atomic E-state index is 12.0. The largest absolute Gasteiger partial charge is 0.484 e. The molecule has 136 valence electrons. The number of aliphatic hydroxyl groups is 1. The van der Waals surface area contributed by atoms with Crippen molar-refractivity contribution in [3.63, 3.8) is 0 Å². The summed E-state index contributed by atoms with van der Waals surface area (Å²) in [4.78, 5) is 12.0. The smallest absolute Gasteiger partial charge is 0.323 e. The number of nitrogens with one attached hydrogen (secondary N) is 2. The van der Waals surface area contributed by atoms with Crippen LogP contribution >= 0.6 is 11.6 Å². The highest BCUT2D eigenvalue weighted by Crippen LogP contribution is 2.28. The topological polar surface area (TPSA) is 102 Å². The highest BCUT2D eigenvalue weighted by Gasteiger charge is 2.08. The summed E-state index contributed by atoms with van der Waals surface area (Å²) >= 11 is 6.19. The number of rotatable bonds is 7. The van der Waals surface area contributed by atoms with Crippen molar-refractivity contribution in [3.05, 3.63) is 59.8 Å². The van der Waals surface area contributed by atoms with Gasteiger partial charge < -0.3 is 24.9 Å². The lowest BCUT2D eigenvalue weighted by Crippen LogP contribution is -2.19. The summed E-state index contributed by atoms with van der Waals surface area (Å²) < 4.78 is 12.3. The molecule has 3 rings (SSSR count). The van der Waals surface area contributed by atoms with Crippen molar-refractivity contribution in [2.24, 2.45) is 0 Å². The maximum Gasteiger partial charge on any atom is 0.323 e. The van der Waals surface area contributed by atoms with Gasteiger partial charge in [0.25, 0.3) is 0 Å². The molecule has 0 saturated carbocycles. The molecule has 0 saturated heterocycles. The normalized spacial score (nSPS) is 10.5. The molecule has 2 heterocycles. The van der Waals surface area contributed by atoms with Crippen LogP contribution in [-0.4, -0.2) is 27.5 Å². The van der Waals surface area contributed by atoms with Gasteiger partial charge >= 0.3 is 6.03 Å². The Morgan fingerprint density at radius 2 is 2.15 bits per heavy atom. The fourth-order valence-electron chi connectivity index (χ4n) is 2.19. The van der Waals surface area contributed by atoms with Crippen LogP contribution in [0.1, 0.15) is 5.76 Å². The second kappa shape index (κ2) is 8.41. The van der Waals surface area contributed by atoms with Crippen molar-refractivity contribution in [1.82, 2.24) is 9.78 Å². The molecule has 26 heavy (non-hydrogen) atoms. The van der Waals surface area contributed by atoms with E-state index < -0.39 is 6.03 Å². The number of halogens is 1. The summed E-state index contributed by atoms with van der Waals surface area (Å²) in [5.41, 5.74) is 1.03. The van der Waals surface area contributed by atoms with Gasteiger partial charge in [-0.15, -0.1) is 0 Å². The summed E-state index contributed by atoms with van der Waals surface area (Å²) in [5, 5.41) is 18.5. The lowest BCUT2D eigenvalue weighted by molar-refractivity contribution is 0.262. The van der Waals surface area contributed by atoms with Gasteiger partial charge in [0.2, 0.25) is 0 Å². The molecule has 0 aliphatic carbocycles. The first-order valence-electron chi connectivity index (χ1n) is 7.80. The average molecular weight is 377 g/mol. The van der Waals surface area contributed by atoms with Gasteiger partial charge in [0, 0.05) is 11.9 Å². The van der Waals surface area contributed by atoms with E-state index in [1.165, 1.54) is 10.9 Å². The van der Waals surface area contributed by atoms with Crippen LogP contribution in [0.2, 0.25) is 5.02 Å². The lowest BCUT2D eigenvalue weighted by Gasteiger charge is -2.10. The summed E-state index contributed by atoms with van der Waals surface area (Å²) in [7, 11) is 0. The van der Waals surface area contributed by atoms with Crippen LogP contribution in [-0.2, 0) is 13.2 Å². The quantitative estimate of drug-likeness (QED) is 0.587. The van der Waals surface area contributed by atoms with Crippen molar-refractivity contribution in [2.45, 2.75) is 13.2 Å². The van der Waals surface area contributed by atoms with E-state index in [1.54, 1.807) is 42.8 Å². The van der Waals surface area contributed by atoms with Crippen molar-refractivity contribution in [1.29, 1.82) is 0 Å². The minimum Gasteiger partial charge on any atom is -0.484 e. The van der Waals surface area contributed by atoms with Gasteiger partial charge in [-0.2, -0.15) is 5.10 Å². The predicted molar refractivity (Wildman–Crippen MR) is 96.4 cm³/mol. The van der Waals surface area contributed by atoms with Gasteiger partial charge in [0.15, 0.2) is 0 Å². The first-order chi connectivity index (χ1) is 12.6. The highest BCUT2D eigenvalue weighted by molar-refractivity contribution is 6.32. The van der Waals surface area contributed by atoms with E-state index in [0.29, 0.717) is 34.5 Å². The van der Waals surface area contributed by atoms with E-state index in [0.717, 1.165) is 0 Å². The molecule has 0 radical (unpaired) electrons. The van der Waals surface area contributed by atoms with Gasteiger partial charge in [-0.25, -0.2) is 4.79 Å². The number of aliphatic hydroxyl groups excluding tert-OH is 1. The Labute approximate surface area is 154 Å². The second-order valence-electron chi connectivity index (χ2n) is 5.31. The molecule has 2 aromatic heterocycles. The SMILES string of the molecule is O=C(Nc1ccc(OCc2ccco2)c(Cl)c1)Nc1cnn(CCO)c1. The maximum absolute atomic E-state index is 12.0. The Hall–Kier alpha value is -2.97. The fourth-order valence-corrected chi connectivity index (χ4v) is 2.42. The molecule has 0 bridgehead atoms. The van der Waals surface area contributed by atoms with E-state index >= 15 is 0 Å². The number of anilines is 2. The molecule has 3 aromatic rings. The van der Waals surface area contributed by atoms with Crippen LogP contribution < -0.4 is 15.4 Å². The van der Waals surface area contributed by atoms with E-state index in [9.17, 15) is 4.79 Å². The standard InChI is InChI=1S/C17H17ClN4O4/c18-15-8-12(3-4-16(15)26-11-14-2-1-7-25-14)20-17(24)21-13-9-19-22(10-13)5-6-23/h1-4,7-10,23H,5-6,11H2,(H2,20,21,24). The van der Waals surface area contributed by atoms with Crippen molar-refractivity contribution >= 4 is 29.0 Å². The molecule has 8 nitrogen and oxygen atoms in total. The molecule has 2 amide bonds. The number of carbonyl (C=O) groups excluding carboxylic acids is 1. The third-order valence-corrected chi connectivity index (χ3v) is 3.66. The third kappa shape index (κ3) is 4.78. The van der Waals surface area contributed by atoms with E-state index in [1.807, 2.05) is 0 Å². The van der Waals surface area contributed by atoms with Crippen LogP contribution in [0.4, 0.5) is 16.2 Å². The molecule has 0 fully saturated rings. The number of benzene rings is 1. The van der Waals surface area contributed by atoms with E-state index in [4.69, 9.17) is 25.9 Å². The summed E-state index contributed by atoms with van der Waals surface area (Å²) in [6.45, 7) is 0.594. The Morgan fingerprint density at radius 1 is 1.31 bits per heavy atom. The Bertz CT molecular complexity index is 864. The number of furan rings is 1. The lowest BCUT2D eigenvalue weighted by atomic mass is 10.3. The summed E-state index contributed by atoms with van der Waals surface area (Å²) in [5.74, 6) is 1.17. The molecule has 3 N–H and O–H groups in total. The zero-order valence-electron chi connectivity index (χ0n) is 13.7. The first-order valence-corrected chi connectivity index (χ1v) is 8.18. The van der Waals surface area contributed by atoms with E-state index in [-0.39, 0.29) is 13.2 Å². The number of hydrogen-bond acceptors (Lipinski definition) is 5. The highest BCUT2D eigenvalue weighted by atomic mass is 35.5. The average Bonchev–Trinajstić information content (AvgIpc) is 3.26. The molecule has 0 aliphatic rings. The summed E-state index contributed by atoms with van der Waals surface area (Å²) in [6, 6.07) is 8.08. The molecule has 0 unspecified atom stereocenters. The van der Waals surface area contributed by atoms with Crippen molar-refractivity contribution < 1.29 is 19.1 Å². The van der Waals surface area contributed by atoms with Gasteiger partial charge in [-0.1, -0.05) is 11.6 Å². The van der Waals surface area contributed by atoms with Crippen molar-refractivity contribution in [2.75, 3.05) is 17.2 Å². The van der Waals surface area contributed by atoms with Crippen LogP contribution in [0.3, 0.4) is 0 Å². The number of amides is 2. The van der Waals surface area contributed by atoms with Gasteiger partial charge in [0.05, 0.1) is 36.3 Å².